The highest BCUT2D eigenvalue weighted by molar-refractivity contribution is 5.95. The van der Waals surface area contributed by atoms with Gasteiger partial charge in [0.05, 0.1) is 5.56 Å². The van der Waals surface area contributed by atoms with Gasteiger partial charge in [0.15, 0.2) is 0 Å². The summed E-state index contributed by atoms with van der Waals surface area (Å²) in [6.07, 6.45) is 1.86. The highest BCUT2D eigenvalue weighted by atomic mass is 19.1. The molecular weight excluding hydrogens is 257 g/mol. The molecule has 1 N–H and O–H groups in total. The molecule has 106 valence electrons. The van der Waals surface area contributed by atoms with E-state index in [4.69, 9.17) is 5.11 Å². The van der Waals surface area contributed by atoms with Crippen LogP contribution in [0.1, 0.15) is 42.6 Å². The van der Waals surface area contributed by atoms with Crippen molar-refractivity contribution in [1.29, 1.82) is 0 Å². The van der Waals surface area contributed by atoms with Crippen molar-refractivity contribution in [2.24, 2.45) is 0 Å². The Morgan fingerprint density at radius 2 is 2.25 bits per heavy atom. The normalized spacial score (nSPS) is 16.7. The van der Waals surface area contributed by atoms with Crippen molar-refractivity contribution < 1.29 is 14.3 Å². The van der Waals surface area contributed by atoms with Crippen molar-refractivity contribution in [1.82, 2.24) is 4.90 Å². The largest absolute Gasteiger partial charge is 0.384 e. The molecule has 1 aliphatic heterocycles. The Hall–Kier alpha value is -1.86. The van der Waals surface area contributed by atoms with E-state index in [1.807, 2.05) is 13.8 Å². The van der Waals surface area contributed by atoms with Crippen LogP contribution in [0.3, 0.4) is 0 Å². The molecule has 0 spiro atoms. The second kappa shape index (κ2) is 5.64. The fourth-order valence-corrected chi connectivity index (χ4v) is 2.54. The molecule has 1 saturated heterocycles. The number of hydrogen-bond acceptors (Lipinski definition) is 2. The molecule has 1 fully saturated rings. The van der Waals surface area contributed by atoms with Crippen molar-refractivity contribution in [3.63, 3.8) is 0 Å². The van der Waals surface area contributed by atoms with E-state index >= 15 is 0 Å². The third kappa shape index (κ3) is 2.83. The van der Waals surface area contributed by atoms with Gasteiger partial charge in [-0.2, -0.15) is 0 Å². The average Bonchev–Trinajstić information content (AvgIpc) is 2.76. The summed E-state index contributed by atoms with van der Waals surface area (Å²) < 4.78 is 13.9. The minimum absolute atomic E-state index is 0.0460. The molecule has 0 unspecified atom stereocenters. The van der Waals surface area contributed by atoms with Crippen LogP contribution >= 0.6 is 0 Å². The topological polar surface area (TPSA) is 40.5 Å². The zero-order valence-electron chi connectivity index (χ0n) is 11.7. The molecule has 1 aromatic rings. The number of carbonyl (C=O) groups is 1. The van der Waals surface area contributed by atoms with Crippen LogP contribution in [0.15, 0.2) is 18.2 Å². The third-order valence-corrected chi connectivity index (χ3v) is 3.65. The molecule has 20 heavy (non-hydrogen) atoms. The van der Waals surface area contributed by atoms with E-state index < -0.39 is 5.82 Å². The van der Waals surface area contributed by atoms with Crippen LogP contribution in [0.5, 0.6) is 0 Å². The number of carbonyl (C=O) groups excluding carboxylic acids is 1. The van der Waals surface area contributed by atoms with Crippen LogP contribution in [0.4, 0.5) is 4.39 Å². The number of aliphatic hydroxyl groups excluding tert-OH is 1. The number of likely N-dealkylation sites (tertiary alicyclic amines) is 1. The third-order valence-electron chi connectivity index (χ3n) is 3.65. The fraction of sp³-hybridized carbons (Fsp3) is 0.438. The van der Waals surface area contributed by atoms with Crippen molar-refractivity contribution in [2.45, 2.75) is 32.2 Å². The Balaban J connectivity index is 2.34. The van der Waals surface area contributed by atoms with Gasteiger partial charge in [0.1, 0.15) is 12.4 Å². The van der Waals surface area contributed by atoms with Gasteiger partial charge in [0.25, 0.3) is 5.91 Å². The first-order chi connectivity index (χ1) is 9.45. The molecule has 1 aliphatic rings. The molecule has 0 aliphatic carbocycles. The summed E-state index contributed by atoms with van der Waals surface area (Å²) in [6.45, 7) is 4.37. The first-order valence-electron chi connectivity index (χ1n) is 6.67. The van der Waals surface area contributed by atoms with E-state index in [-0.39, 0.29) is 23.6 Å². The second-order valence-corrected chi connectivity index (χ2v) is 5.53. The number of halogens is 1. The highest BCUT2D eigenvalue weighted by Crippen LogP contribution is 2.30. The second-order valence-electron chi connectivity index (χ2n) is 5.53. The lowest BCUT2D eigenvalue weighted by molar-refractivity contribution is 0.0647. The number of amides is 1. The summed E-state index contributed by atoms with van der Waals surface area (Å²) >= 11 is 0. The zero-order valence-corrected chi connectivity index (χ0v) is 11.7. The number of aliphatic hydroxyl groups is 1. The molecule has 0 aromatic heterocycles. The van der Waals surface area contributed by atoms with Crippen LogP contribution < -0.4 is 0 Å². The molecule has 1 amide bonds. The van der Waals surface area contributed by atoms with Gasteiger partial charge >= 0.3 is 0 Å². The summed E-state index contributed by atoms with van der Waals surface area (Å²) in [4.78, 5) is 14.2. The molecule has 3 nitrogen and oxygen atoms in total. The molecule has 0 radical (unpaired) electrons. The van der Waals surface area contributed by atoms with Crippen molar-refractivity contribution in [2.75, 3.05) is 13.2 Å². The van der Waals surface area contributed by atoms with Gasteiger partial charge in [-0.15, -0.1) is 0 Å². The molecule has 1 heterocycles. The monoisotopic (exact) mass is 275 g/mol. The smallest absolute Gasteiger partial charge is 0.257 e. The van der Waals surface area contributed by atoms with Crippen molar-refractivity contribution in [3.05, 3.63) is 35.1 Å². The predicted octanol–water partition coefficient (Wildman–Crippen LogP) is 2.18. The first kappa shape index (κ1) is 14.5. The minimum Gasteiger partial charge on any atom is -0.384 e. The maximum Gasteiger partial charge on any atom is 0.257 e. The minimum atomic E-state index is -0.535. The van der Waals surface area contributed by atoms with E-state index in [9.17, 15) is 9.18 Å². The number of rotatable bonds is 1. The maximum absolute atomic E-state index is 13.9. The Morgan fingerprint density at radius 1 is 1.50 bits per heavy atom. The van der Waals surface area contributed by atoms with Gasteiger partial charge in [0, 0.05) is 17.6 Å². The van der Waals surface area contributed by atoms with Crippen LogP contribution in [-0.4, -0.2) is 34.6 Å². The summed E-state index contributed by atoms with van der Waals surface area (Å²) in [7, 11) is 0. The molecule has 1 aromatic carbocycles. The van der Waals surface area contributed by atoms with Crippen LogP contribution in [0.25, 0.3) is 0 Å². The summed E-state index contributed by atoms with van der Waals surface area (Å²) in [6, 6.07) is 4.20. The number of hydrogen-bond donors (Lipinski definition) is 1. The fourth-order valence-electron chi connectivity index (χ4n) is 2.54. The van der Waals surface area contributed by atoms with Gasteiger partial charge in [-0.1, -0.05) is 11.8 Å². The number of benzene rings is 1. The van der Waals surface area contributed by atoms with Crippen LogP contribution in [0.2, 0.25) is 0 Å². The lowest BCUT2D eigenvalue weighted by Gasteiger charge is -2.31. The quantitative estimate of drug-likeness (QED) is 0.798. The summed E-state index contributed by atoms with van der Waals surface area (Å²) in [5.41, 5.74) is 0.335. The van der Waals surface area contributed by atoms with Crippen LogP contribution in [0, 0.1) is 17.7 Å². The SMILES string of the molecule is CC1(C)CCCN1C(=O)c1cc(C#CCO)ccc1F. The van der Waals surface area contributed by atoms with E-state index in [2.05, 4.69) is 11.8 Å². The Labute approximate surface area is 118 Å². The van der Waals surface area contributed by atoms with E-state index in [0.717, 1.165) is 12.8 Å². The Bertz CT molecular complexity index is 584. The first-order valence-corrected chi connectivity index (χ1v) is 6.67. The Morgan fingerprint density at radius 3 is 2.85 bits per heavy atom. The van der Waals surface area contributed by atoms with E-state index in [1.54, 1.807) is 4.90 Å². The maximum atomic E-state index is 13.9. The average molecular weight is 275 g/mol. The Kier molecular flexibility index (Phi) is 4.10. The van der Waals surface area contributed by atoms with E-state index in [0.29, 0.717) is 12.1 Å². The highest BCUT2D eigenvalue weighted by Gasteiger charge is 2.36. The van der Waals surface area contributed by atoms with Crippen molar-refractivity contribution in [3.8, 4) is 11.8 Å². The summed E-state index contributed by atoms with van der Waals surface area (Å²) in [5, 5.41) is 8.68. The molecular formula is C16H18FNO2. The van der Waals surface area contributed by atoms with Gasteiger partial charge in [-0.05, 0) is 44.9 Å². The molecule has 2 rings (SSSR count). The number of nitrogens with zero attached hydrogens (tertiary/aromatic N) is 1. The molecule has 0 atom stereocenters. The molecule has 0 bridgehead atoms. The lowest BCUT2D eigenvalue weighted by atomic mass is 10.0. The van der Waals surface area contributed by atoms with E-state index in [1.165, 1.54) is 18.2 Å². The van der Waals surface area contributed by atoms with Gasteiger partial charge in [0.2, 0.25) is 0 Å². The molecule has 0 saturated carbocycles. The van der Waals surface area contributed by atoms with Crippen molar-refractivity contribution >= 4 is 5.91 Å². The zero-order chi connectivity index (χ0) is 14.8. The lowest BCUT2D eigenvalue weighted by Crippen LogP contribution is -2.43. The standard InChI is InChI=1S/C16H18FNO2/c1-16(2)8-4-9-18(16)15(20)13-11-12(5-3-10-19)6-7-14(13)17/h6-7,11,19H,4,8-10H2,1-2H3. The molecule has 4 heteroatoms. The van der Waals surface area contributed by atoms with Gasteiger partial charge in [-0.25, -0.2) is 4.39 Å². The van der Waals surface area contributed by atoms with Gasteiger partial charge in [-0.3, -0.25) is 4.79 Å². The van der Waals surface area contributed by atoms with Crippen LogP contribution in [-0.2, 0) is 0 Å². The summed E-state index contributed by atoms with van der Waals surface area (Å²) in [5.74, 6) is 4.36. The predicted molar refractivity (Wildman–Crippen MR) is 74.7 cm³/mol. The van der Waals surface area contributed by atoms with Gasteiger partial charge < -0.3 is 10.0 Å².